The molecule has 14 heteroatoms. The predicted molar refractivity (Wildman–Crippen MR) is 142 cm³/mol. The molecule has 0 aliphatic carbocycles. The molecule has 4 N–H and O–H groups in total. The van der Waals surface area contributed by atoms with Gasteiger partial charge in [0.25, 0.3) is 0 Å². The molecule has 2 amide bonds. The molecule has 0 unspecified atom stereocenters. The van der Waals surface area contributed by atoms with E-state index in [4.69, 9.17) is 26.2 Å². The Kier molecular flexibility index (Phi) is 14.1. The Hall–Kier alpha value is -3.16. The van der Waals surface area contributed by atoms with Gasteiger partial charge < -0.3 is 25.6 Å². The van der Waals surface area contributed by atoms with Crippen LogP contribution in [0.25, 0.3) is 0 Å². The highest BCUT2D eigenvalue weighted by molar-refractivity contribution is 6.30. The van der Waals surface area contributed by atoms with Crippen molar-refractivity contribution in [2.75, 3.05) is 32.9 Å². The summed E-state index contributed by atoms with van der Waals surface area (Å²) in [5.74, 6) is -2.13. The van der Waals surface area contributed by atoms with E-state index in [1.54, 1.807) is 36.4 Å². The molecule has 1 heterocycles. The number of urea groups is 1. The molecule has 0 bridgehead atoms. The monoisotopic (exact) mass is 609 g/mol. The number of halogens is 6. The van der Waals surface area contributed by atoms with Crippen LogP contribution in [0.4, 0.5) is 26.7 Å². The number of hydrogen-bond donors (Lipinski definition) is 4. The summed E-state index contributed by atoms with van der Waals surface area (Å²) in [6, 6.07) is 13.0. The number of amides is 2. The molecule has 0 radical (unpaired) electrons. The number of aliphatic hydroxyl groups excluding tert-OH is 1. The number of aliphatic carboxylic acids is 1. The quantitative estimate of drug-likeness (QED) is 0.198. The van der Waals surface area contributed by atoms with Gasteiger partial charge in [-0.15, -0.1) is 0 Å². The van der Waals surface area contributed by atoms with E-state index >= 15 is 0 Å². The zero-order valence-electron chi connectivity index (χ0n) is 22.0. The first-order valence-corrected chi connectivity index (χ1v) is 13.2. The van der Waals surface area contributed by atoms with E-state index in [9.17, 15) is 31.9 Å². The van der Waals surface area contributed by atoms with Gasteiger partial charge in [-0.1, -0.05) is 35.9 Å². The fraction of sp³-hybridized carbons (Fsp3) is 0.481. The van der Waals surface area contributed by atoms with Gasteiger partial charge in [0.1, 0.15) is 18.0 Å². The third kappa shape index (κ3) is 12.9. The van der Waals surface area contributed by atoms with Crippen LogP contribution in [-0.2, 0) is 11.3 Å². The number of carboxylic acid groups (broad SMARTS) is 1. The van der Waals surface area contributed by atoms with Crippen LogP contribution in [0.2, 0.25) is 5.02 Å². The van der Waals surface area contributed by atoms with Crippen LogP contribution >= 0.6 is 11.6 Å². The molecule has 1 saturated heterocycles. The molecular formula is C27H33ClF5N3O5. The summed E-state index contributed by atoms with van der Waals surface area (Å²) in [6.45, 7) is 1.53. The normalized spacial score (nSPS) is 16.7. The zero-order chi connectivity index (χ0) is 30.4. The first-order valence-electron chi connectivity index (χ1n) is 12.8. The highest BCUT2D eigenvalue weighted by Crippen LogP contribution is 2.23. The number of benzene rings is 2. The number of unbranched alkanes of at least 4 members (excludes halogenated alkanes) is 1. The van der Waals surface area contributed by atoms with Crippen molar-refractivity contribution in [2.45, 2.75) is 50.3 Å². The summed E-state index contributed by atoms with van der Waals surface area (Å²) in [6.07, 6.45) is -5.45. The molecular weight excluding hydrogens is 577 g/mol. The van der Waals surface area contributed by atoms with Crippen LogP contribution in [0, 0.1) is 0 Å². The number of nitrogens with one attached hydrogen (secondary N) is 2. The van der Waals surface area contributed by atoms with Gasteiger partial charge in [-0.05, 0) is 54.7 Å². The zero-order valence-corrected chi connectivity index (χ0v) is 22.8. The first kappa shape index (κ1) is 34.0. The molecule has 0 aromatic heterocycles. The van der Waals surface area contributed by atoms with E-state index in [0.29, 0.717) is 61.8 Å². The third-order valence-electron chi connectivity index (χ3n) is 5.99. The van der Waals surface area contributed by atoms with Gasteiger partial charge in [-0.3, -0.25) is 9.29 Å². The Morgan fingerprint density at radius 2 is 1.73 bits per heavy atom. The second kappa shape index (κ2) is 16.9. The molecule has 41 heavy (non-hydrogen) atoms. The van der Waals surface area contributed by atoms with Gasteiger partial charge in [-0.2, -0.15) is 13.2 Å². The smallest absolute Gasteiger partial charge is 0.490 e. The number of rotatable bonds is 12. The van der Waals surface area contributed by atoms with Gasteiger partial charge in [0, 0.05) is 31.2 Å². The van der Waals surface area contributed by atoms with Gasteiger partial charge in [0.15, 0.2) is 0 Å². The number of likely N-dealkylation sites (tertiary alicyclic amines) is 1. The number of alkyl halides is 5. The molecule has 228 valence electrons. The van der Waals surface area contributed by atoms with Crippen molar-refractivity contribution >= 4 is 23.6 Å². The van der Waals surface area contributed by atoms with Crippen molar-refractivity contribution in [3.8, 4) is 5.75 Å². The summed E-state index contributed by atoms with van der Waals surface area (Å²) in [4.78, 5) is 23.4. The lowest BCUT2D eigenvalue weighted by molar-refractivity contribution is -0.192. The minimum absolute atomic E-state index is 0.281. The second-order valence-electron chi connectivity index (χ2n) is 9.27. The maximum absolute atomic E-state index is 13.7. The number of carbonyl (C=O) groups excluding carboxylic acids is 1. The molecule has 1 aliphatic heterocycles. The van der Waals surface area contributed by atoms with Crippen LogP contribution in [0.5, 0.6) is 5.75 Å². The largest absolute Gasteiger partial charge is 0.494 e. The van der Waals surface area contributed by atoms with Gasteiger partial charge in [0.05, 0.1) is 19.3 Å². The number of carbonyl (C=O) groups is 2. The first-order chi connectivity index (χ1) is 19.4. The maximum atomic E-state index is 13.7. The fourth-order valence-electron chi connectivity index (χ4n) is 3.84. The van der Waals surface area contributed by atoms with Gasteiger partial charge in [0.2, 0.25) is 0 Å². The molecule has 8 nitrogen and oxygen atoms in total. The van der Waals surface area contributed by atoms with E-state index in [0.717, 1.165) is 5.56 Å². The Morgan fingerprint density at radius 3 is 2.27 bits per heavy atom. The molecule has 0 saturated carbocycles. The molecule has 2 aromatic rings. The predicted octanol–water partition coefficient (Wildman–Crippen LogP) is 5.05. The minimum Gasteiger partial charge on any atom is -0.494 e. The van der Waals surface area contributed by atoms with Crippen molar-refractivity contribution in [1.29, 1.82) is 0 Å². The van der Waals surface area contributed by atoms with Crippen LogP contribution in [0.1, 0.15) is 36.5 Å². The lowest BCUT2D eigenvalue weighted by atomic mass is 10.0. The minimum atomic E-state index is -5.08. The Morgan fingerprint density at radius 1 is 1.10 bits per heavy atom. The Balaban J connectivity index is 0.000000745. The summed E-state index contributed by atoms with van der Waals surface area (Å²) < 4.78 is 63.2. The van der Waals surface area contributed by atoms with Crippen LogP contribution in [0.15, 0.2) is 48.5 Å². The Bertz CT molecular complexity index is 1080. The van der Waals surface area contributed by atoms with E-state index < -0.39 is 36.5 Å². The summed E-state index contributed by atoms with van der Waals surface area (Å²) >= 11 is 5.89. The van der Waals surface area contributed by atoms with Crippen molar-refractivity contribution in [3.63, 3.8) is 0 Å². The third-order valence-corrected chi connectivity index (χ3v) is 6.25. The summed E-state index contributed by atoms with van der Waals surface area (Å²) in [5.41, 5.74) is 1.49. The van der Waals surface area contributed by atoms with E-state index in [-0.39, 0.29) is 13.2 Å². The van der Waals surface area contributed by atoms with Gasteiger partial charge in [-0.25, -0.2) is 14.0 Å². The van der Waals surface area contributed by atoms with E-state index in [1.165, 1.54) is 0 Å². The number of hydrogen-bond acceptors (Lipinski definition) is 5. The molecule has 2 aromatic carbocycles. The van der Waals surface area contributed by atoms with Crippen LogP contribution < -0.4 is 15.4 Å². The lowest BCUT2D eigenvalue weighted by Crippen LogP contribution is -2.50. The van der Waals surface area contributed by atoms with Gasteiger partial charge >= 0.3 is 18.2 Å². The van der Waals surface area contributed by atoms with Crippen molar-refractivity contribution in [1.82, 2.24) is 15.5 Å². The number of aliphatic hydroxyl groups is 1. The van der Waals surface area contributed by atoms with Crippen molar-refractivity contribution in [2.24, 2.45) is 0 Å². The van der Waals surface area contributed by atoms with Crippen molar-refractivity contribution in [3.05, 3.63) is 64.7 Å². The molecule has 3 rings (SSSR count). The molecule has 0 spiro atoms. The highest BCUT2D eigenvalue weighted by atomic mass is 35.5. The van der Waals surface area contributed by atoms with E-state index in [1.807, 2.05) is 17.0 Å². The van der Waals surface area contributed by atoms with Crippen LogP contribution in [-0.4, -0.2) is 78.4 Å². The second-order valence-corrected chi connectivity index (χ2v) is 9.70. The lowest BCUT2D eigenvalue weighted by Gasteiger charge is -2.29. The molecule has 1 aliphatic rings. The maximum Gasteiger partial charge on any atom is 0.490 e. The van der Waals surface area contributed by atoms with Crippen molar-refractivity contribution < 1.29 is 46.5 Å². The number of ether oxygens (including phenoxy) is 1. The highest BCUT2D eigenvalue weighted by Gasteiger charge is 2.38. The summed E-state index contributed by atoms with van der Waals surface area (Å²) in [5, 5.41) is 24.4. The molecule has 1 fully saturated rings. The van der Waals surface area contributed by atoms with Crippen LogP contribution in [0.3, 0.4) is 0 Å². The average Bonchev–Trinajstić information content (AvgIpc) is 3.34. The number of carboxylic acids is 1. The average molecular weight is 610 g/mol. The Labute approximate surface area is 239 Å². The number of nitrogens with zero attached hydrogens (tertiary/aromatic N) is 1. The molecule has 3 atom stereocenters. The summed E-state index contributed by atoms with van der Waals surface area (Å²) in [7, 11) is 0. The standard InChI is InChI=1S/C25H32ClF2N3O3.C2HF3O2/c26-20-7-3-18(4-8-20)15-29-25(33)30-23(17-31-13-11-21(28)16-31)24(32)19-5-9-22(10-6-19)34-14-2-1-12-27;3-2(4,5)1(6)7/h3-10,21,23-24,32H,1-2,11-17H2,(H2,29,30,33);(H,6,7)/t21-,23-,24-;/m1./s1. The van der Waals surface area contributed by atoms with E-state index in [2.05, 4.69) is 10.6 Å². The topological polar surface area (TPSA) is 111 Å². The fourth-order valence-corrected chi connectivity index (χ4v) is 3.96. The SMILES string of the molecule is O=C(NCc1ccc(Cl)cc1)N[C@H](CN1CC[C@@H](F)C1)[C@H](O)c1ccc(OCCCCF)cc1.O=C(O)C(F)(F)F.